The maximum Gasteiger partial charge on any atom is 0.123 e. The molecule has 0 aliphatic heterocycles. The van der Waals surface area contributed by atoms with Crippen LogP contribution in [0, 0.1) is 5.82 Å². The van der Waals surface area contributed by atoms with Crippen LogP contribution in [0.15, 0.2) is 58.5 Å². The zero-order chi connectivity index (χ0) is 12.8. The molecule has 4 heteroatoms. The molecule has 2 aromatic carbocycles. The average molecular weight is 260 g/mol. The average Bonchev–Trinajstić information content (AvgIpc) is 2.42. The SMILES string of the molecule is CSc1ccc(C=NNc2ccc(F)cc2)cc1. The lowest BCUT2D eigenvalue weighted by atomic mass is 10.2. The lowest BCUT2D eigenvalue weighted by Crippen LogP contribution is -1.90. The molecule has 2 rings (SSSR count). The Kier molecular flexibility index (Phi) is 4.36. The van der Waals surface area contributed by atoms with Crippen molar-refractivity contribution in [3.8, 4) is 0 Å². The molecule has 0 aliphatic rings. The molecule has 0 radical (unpaired) electrons. The summed E-state index contributed by atoms with van der Waals surface area (Å²) in [4.78, 5) is 1.22. The van der Waals surface area contributed by atoms with Gasteiger partial charge in [0, 0.05) is 4.90 Å². The quantitative estimate of drug-likeness (QED) is 0.510. The number of hydrazone groups is 1. The third-order valence-corrected chi connectivity index (χ3v) is 3.11. The van der Waals surface area contributed by atoms with Crippen LogP contribution in [-0.2, 0) is 0 Å². The number of thioether (sulfide) groups is 1. The van der Waals surface area contributed by atoms with Crippen molar-refractivity contribution >= 4 is 23.7 Å². The number of halogens is 1. The van der Waals surface area contributed by atoms with Gasteiger partial charge in [-0.2, -0.15) is 5.10 Å². The summed E-state index contributed by atoms with van der Waals surface area (Å²) < 4.78 is 12.7. The Morgan fingerprint density at radius 2 is 1.72 bits per heavy atom. The van der Waals surface area contributed by atoms with Crippen molar-refractivity contribution in [1.82, 2.24) is 0 Å². The molecule has 0 unspecified atom stereocenters. The van der Waals surface area contributed by atoms with Crippen LogP contribution in [-0.4, -0.2) is 12.5 Å². The number of rotatable bonds is 4. The lowest BCUT2D eigenvalue weighted by molar-refractivity contribution is 0.628. The minimum absolute atomic E-state index is 0.253. The summed E-state index contributed by atoms with van der Waals surface area (Å²) in [7, 11) is 0. The standard InChI is InChI=1S/C14H13FN2S/c1-18-14-8-2-11(3-9-14)10-16-17-13-6-4-12(15)5-7-13/h2-10,17H,1H3. The van der Waals surface area contributed by atoms with E-state index in [1.807, 2.05) is 30.5 Å². The molecule has 2 nitrogen and oxygen atoms in total. The van der Waals surface area contributed by atoms with Crippen molar-refractivity contribution in [2.24, 2.45) is 5.10 Å². The van der Waals surface area contributed by atoms with Crippen LogP contribution in [0.1, 0.15) is 5.56 Å². The van der Waals surface area contributed by atoms with Gasteiger partial charge in [-0.25, -0.2) is 4.39 Å². The second-order valence-electron chi connectivity index (χ2n) is 3.65. The molecule has 2 aromatic rings. The van der Waals surface area contributed by atoms with Crippen LogP contribution in [0.5, 0.6) is 0 Å². The molecule has 0 saturated heterocycles. The van der Waals surface area contributed by atoms with Gasteiger partial charge in [0.2, 0.25) is 0 Å². The van der Waals surface area contributed by atoms with Crippen LogP contribution >= 0.6 is 11.8 Å². The molecular weight excluding hydrogens is 247 g/mol. The van der Waals surface area contributed by atoms with E-state index in [4.69, 9.17) is 0 Å². The van der Waals surface area contributed by atoms with Gasteiger partial charge in [0.1, 0.15) is 5.82 Å². The fourth-order valence-corrected chi connectivity index (χ4v) is 1.80. The molecule has 0 spiro atoms. The minimum Gasteiger partial charge on any atom is -0.279 e. The Labute approximate surface area is 110 Å². The van der Waals surface area contributed by atoms with Crippen LogP contribution in [0.25, 0.3) is 0 Å². The predicted molar refractivity (Wildman–Crippen MR) is 75.8 cm³/mol. The van der Waals surface area contributed by atoms with E-state index in [2.05, 4.69) is 10.5 Å². The number of nitrogens with zero attached hydrogens (tertiary/aromatic N) is 1. The predicted octanol–water partition coefficient (Wildman–Crippen LogP) is 3.99. The first-order valence-corrected chi connectivity index (χ1v) is 6.69. The third-order valence-electron chi connectivity index (χ3n) is 2.37. The van der Waals surface area contributed by atoms with Gasteiger partial charge in [-0.05, 0) is 48.2 Å². The van der Waals surface area contributed by atoms with Gasteiger partial charge < -0.3 is 0 Å². The Balaban J connectivity index is 1.96. The van der Waals surface area contributed by atoms with E-state index in [1.54, 1.807) is 30.1 Å². The highest BCUT2D eigenvalue weighted by atomic mass is 32.2. The Hall–Kier alpha value is -1.81. The maximum absolute atomic E-state index is 12.7. The zero-order valence-electron chi connectivity index (χ0n) is 9.93. The van der Waals surface area contributed by atoms with E-state index in [-0.39, 0.29) is 5.82 Å². The summed E-state index contributed by atoms with van der Waals surface area (Å²) in [6, 6.07) is 14.2. The molecule has 0 atom stereocenters. The van der Waals surface area contributed by atoms with Gasteiger partial charge in [-0.3, -0.25) is 5.43 Å². The van der Waals surface area contributed by atoms with Crippen molar-refractivity contribution in [1.29, 1.82) is 0 Å². The van der Waals surface area contributed by atoms with Crippen molar-refractivity contribution in [2.45, 2.75) is 4.90 Å². The monoisotopic (exact) mass is 260 g/mol. The fourth-order valence-electron chi connectivity index (χ4n) is 1.40. The van der Waals surface area contributed by atoms with Crippen LogP contribution < -0.4 is 5.43 Å². The summed E-state index contributed by atoms with van der Waals surface area (Å²) in [5, 5.41) is 4.09. The van der Waals surface area contributed by atoms with E-state index in [1.165, 1.54) is 17.0 Å². The van der Waals surface area contributed by atoms with Gasteiger partial charge in [-0.15, -0.1) is 11.8 Å². The summed E-state index contributed by atoms with van der Waals surface area (Å²) in [5.74, 6) is -0.253. The van der Waals surface area contributed by atoms with E-state index in [9.17, 15) is 4.39 Å². The molecule has 1 N–H and O–H groups in total. The number of hydrogen-bond donors (Lipinski definition) is 1. The van der Waals surface area contributed by atoms with E-state index < -0.39 is 0 Å². The topological polar surface area (TPSA) is 24.4 Å². The highest BCUT2D eigenvalue weighted by molar-refractivity contribution is 7.98. The number of hydrogen-bond acceptors (Lipinski definition) is 3. The molecule has 0 aliphatic carbocycles. The highest BCUT2D eigenvalue weighted by Crippen LogP contribution is 2.14. The first-order chi connectivity index (χ1) is 8.78. The largest absolute Gasteiger partial charge is 0.279 e. The molecule has 0 fully saturated rings. The number of anilines is 1. The second kappa shape index (κ2) is 6.21. The number of nitrogens with one attached hydrogen (secondary N) is 1. The maximum atomic E-state index is 12.7. The highest BCUT2D eigenvalue weighted by Gasteiger charge is 1.92. The van der Waals surface area contributed by atoms with Crippen LogP contribution in [0.2, 0.25) is 0 Å². The lowest BCUT2D eigenvalue weighted by Gasteiger charge is -2.00. The molecule has 92 valence electrons. The Bertz CT molecular complexity index is 520. The molecule has 0 bridgehead atoms. The first kappa shape index (κ1) is 12.6. The second-order valence-corrected chi connectivity index (χ2v) is 4.53. The molecule has 0 saturated carbocycles. The van der Waals surface area contributed by atoms with Crippen molar-refractivity contribution < 1.29 is 4.39 Å². The summed E-state index contributed by atoms with van der Waals surface area (Å²) in [6.07, 6.45) is 3.77. The molecular formula is C14H13FN2S. The summed E-state index contributed by atoms with van der Waals surface area (Å²) in [6.45, 7) is 0. The zero-order valence-corrected chi connectivity index (χ0v) is 10.7. The Morgan fingerprint density at radius 3 is 2.33 bits per heavy atom. The van der Waals surface area contributed by atoms with E-state index in [0.717, 1.165) is 11.3 Å². The van der Waals surface area contributed by atoms with Gasteiger partial charge in [0.15, 0.2) is 0 Å². The van der Waals surface area contributed by atoms with Gasteiger partial charge in [0.05, 0.1) is 11.9 Å². The van der Waals surface area contributed by atoms with Gasteiger partial charge in [0.25, 0.3) is 0 Å². The molecule has 18 heavy (non-hydrogen) atoms. The van der Waals surface area contributed by atoms with Crippen molar-refractivity contribution in [3.05, 3.63) is 59.9 Å². The van der Waals surface area contributed by atoms with E-state index in [0.29, 0.717) is 0 Å². The van der Waals surface area contributed by atoms with Crippen LogP contribution in [0.4, 0.5) is 10.1 Å². The first-order valence-electron chi connectivity index (χ1n) is 5.46. The fraction of sp³-hybridized carbons (Fsp3) is 0.0714. The van der Waals surface area contributed by atoms with Crippen LogP contribution in [0.3, 0.4) is 0 Å². The van der Waals surface area contributed by atoms with Crippen molar-refractivity contribution in [2.75, 3.05) is 11.7 Å². The Morgan fingerprint density at radius 1 is 1.06 bits per heavy atom. The normalized spacial score (nSPS) is 10.8. The summed E-state index contributed by atoms with van der Waals surface area (Å²) in [5.41, 5.74) is 4.62. The third kappa shape index (κ3) is 3.60. The van der Waals surface area contributed by atoms with Crippen molar-refractivity contribution in [3.63, 3.8) is 0 Å². The molecule has 0 aromatic heterocycles. The van der Waals surface area contributed by atoms with Gasteiger partial charge >= 0.3 is 0 Å². The smallest absolute Gasteiger partial charge is 0.123 e. The summed E-state index contributed by atoms with van der Waals surface area (Å²) >= 11 is 1.70. The molecule has 0 heterocycles. The number of benzene rings is 2. The minimum atomic E-state index is -0.253. The molecule has 0 amide bonds. The van der Waals surface area contributed by atoms with Gasteiger partial charge in [-0.1, -0.05) is 12.1 Å². The van der Waals surface area contributed by atoms with E-state index >= 15 is 0 Å².